The maximum absolute atomic E-state index is 13.3. The summed E-state index contributed by atoms with van der Waals surface area (Å²) >= 11 is 11.4. The Kier molecular flexibility index (Phi) is 5.04. The molecule has 0 aliphatic carbocycles. The van der Waals surface area contributed by atoms with Gasteiger partial charge in [0.05, 0.1) is 16.6 Å². The van der Waals surface area contributed by atoms with E-state index in [1.807, 2.05) is 25.1 Å². The number of halogens is 3. The molecule has 0 aliphatic heterocycles. The van der Waals surface area contributed by atoms with E-state index in [4.69, 9.17) is 23.2 Å². The largest absolute Gasteiger partial charge is 0.376 e. The molecule has 110 valence electrons. The number of hydrogen-bond acceptors (Lipinski definition) is 2. The third-order valence-corrected chi connectivity index (χ3v) is 3.29. The summed E-state index contributed by atoms with van der Waals surface area (Å²) in [6.07, 6.45) is 0. The van der Waals surface area contributed by atoms with Crippen LogP contribution in [0.25, 0.3) is 0 Å². The van der Waals surface area contributed by atoms with Crippen LogP contribution in [0.4, 0.5) is 15.8 Å². The average molecular weight is 327 g/mol. The summed E-state index contributed by atoms with van der Waals surface area (Å²) in [6, 6.07) is 10.2. The van der Waals surface area contributed by atoms with Gasteiger partial charge >= 0.3 is 0 Å². The molecule has 0 unspecified atom stereocenters. The SMILES string of the molecule is Cc1cccc(NC(=O)CNc2cc(Cl)c(F)c(Cl)c2)c1. The summed E-state index contributed by atoms with van der Waals surface area (Å²) < 4.78 is 13.3. The summed E-state index contributed by atoms with van der Waals surface area (Å²) in [5, 5.41) is 5.41. The van der Waals surface area contributed by atoms with Gasteiger partial charge in [-0.05, 0) is 36.8 Å². The van der Waals surface area contributed by atoms with Crippen molar-refractivity contribution in [2.45, 2.75) is 6.92 Å². The highest BCUT2D eigenvalue weighted by Crippen LogP contribution is 2.27. The van der Waals surface area contributed by atoms with Gasteiger partial charge in [0.2, 0.25) is 5.91 Å². The van der Waals surface area contributed by atoms with Crippen LogP contribution < -0.4 is 10.6 Å². The van der Waals surface area contributed by atoms with Crippen molar-refractivity contribution in [3.63, 3.8) is 0 Å². The van der Waals surface area contributed by atoms with E-state index in [-0.39, 0.29) is 22.5 Å². The van der Waals surface area contributed by atoms with Crippen molar-refractivity contribution in [3.8, 4) is 0 Å². The number of rotatable bonds is 4. The van der Waals surface area contributed by atoms with Gasteiger partial charge in [0, 0.05) is 11.4 Å². The van der Waals surface area contributed by atoms with Crippen molar-refractivity contribution in [2.24, 2.45) is 0 Å². The van der Waals surface area contributed by atoms with Crippen LogP contribution in [0, 0.1) is 12.7 Å². The first-order valence-corrected chi connectivity index (χ1v) is 6.96. The number of amides is 1. The van der Waals surface area contributed by atoms with E-state index in [9.17, 15) is 9.18 Å². The van der Waals surface area contributed by atoms with Crippen molar-refractivity contribution in [3.05, 3.63) is 57.8 Å². The first-order valence-electron chi connectivity index (χ1n) is 6.20. The fraction of sp³-hybridized carbons (Fsp3) is 0.133. The minimum atomic E-state index is -0.673. The zero-order chi connectivity index (χ0) is 15.4. The van der Waals surface area contributed by atoms with Crippen LogP contribution in [0.5, 0.6) is 0 Å². The summed E-state index contributed by atoms with van der Waals surface area (Å²) in [4.78, 5) is 11.8. The molecule has 0 aliphatic rings. The van der Waals surface area contributed by atoms with Crippen LogP contribution in [0.2, 0.25) is 10.0 Å². The summed E-state index contributed by atoms with van der Waals surface area (Å²) in [7, 11) is 0. The zero-order valence-electron chi connectivity index (χ0n) is 11.2. The predicted molar refractivity (Wildman–Crippen MR) is 84.7 cm³/mol. The molecule has 1 amide bonds. The second-order valence-corrected chi connectivity index (χ2v) is 5.34. The van der Waals surface area contributed by atoms with Crippen LogP contribution in [0.1, 0.15) is 5.56 Å². The third kappa shape index (κ3) is 4.34. The zero-order valence-corrected chi connectivity index (χ0v) is 12.7. The molecule has 0 saturated heterocycles. The minimum Gasteiger partial charge on any atom is -0.376 e. The molecule has 0 saturated carbocycles. The Morgan fingerprint density at radius 2 is 1.81 bits per heavy atom. The van der Waals surface area contributed by atoms with Crippen LogP contribution >= 0.6 is 23.2 Å². The Bertz CT molecular complexity index is 653. The number of anilines is 2. The molecule has 21 heavy (non-hydrogen) atoms. The van der Waals surface area contributed by atoms with Crippen LogP contribution in [-0.4, -0.2) is 12.5 Å². The number of nitrogens with one attached hydrogen (secondary N) is 2. The smallest absolute Gasteiger partial charge is 0.243 e. The third-order valence-electron chi connectivity index (χ3n) is 2.74. The highest BCUT2D eigenvalue weighted by atomic mass is 35.5. The number of carbonyl (C=O) groups is 1. The van der Waals surface area contributed by atoms with Gasteiger partial charge in [-0.15, -0.1) is 0 Å². The lowest BCUT2D eigenvalue weighted by Crippen LogP contribution is -2.21. The van der Waals surface area contributed by atoms with Gasteiger partial charge in [-0.1, -0.05) is 35.3 Å². The average Bonchev–Trinajstić information content (AvgIpc) is 2.42. The van der Waals surface area contributed by atoms with Gasteiger partial charge in [0.1, 0.15) is 0 Å². The van der Waals surface area contributed by atoms with Gasteiger partial charge in [-0.2, -0.15) is 0 Å². The van der Waals surface area contributed by atoms with E-state index in [0.29, 0.717) is 5.69 Å². The molecule has 2 aromatic carbocycles. The second kappa shape index (κ2) is 6.78. The highest BCUT2D eigenvalue weighted by molar-refractivity contribution is 6.35. The maximum atomic E-state index is 13.3. The predicted octanol–water partition coefficient (Wildman–Crippen LogP) is 4.49. The van der Waals surface area contributed by atoms with Crippen molar-refractivity contribution in [1.82, 2.24) is 0 Å². The molecule has 2 rings (SSSR count). The first-order chi connectivity index (χ1) is 9.95. The summed E-state index contributed by atoms with van der Waals surface area (Å²) in [5.41, 5.74) is 2.25. The van der Waals surface area contributed by atoms with E-state index in [1.165, 1.54) is 12.1 Å². The molecule has 0 fully saturated rings. The Labute approximate surface area is 132 Å². The quantitative estimate of drug-likeness (QED) is 0.812. The van der Waals surface area contributed by atoms with Crippen LogP contribution in [-0.2, 0) is 4.79 Å². The molecule has 2 N–H and O–H groups in total. The fourth-order valence-corrected chi connectivity index (χ4v) is 2.25. The van der Waals surface area contributed by atoms with Crippen molar-refractivity contribution in [2.75, 3.05) is 17.2 Å². The Morgan fingerprint density at radius 1 is 1.14 bits per heavy atom. The van der Waals surface area contributed by atoms with Gasteiger partial charge < -0.3 is 10.6 Å². The van der Waals surface area contributed by atoms with Crippen molar-refractivity contribution < 1.29 is 9.18 Å². The van der Waals surface area contributed by atoms with Crippen molar-refractivity contribution in [1.29, 1.82) is 0 Å². The van der Waals surface area contributed by atoms with Crippen molar-refractivity contribution >= 4 is 40.5 Å². The van der Waals surface area contributed by atoms with E-state index in [0.717, 1.165) is 11.3 Å². The molecular formula is C15H13Cl2FN2O. The lowest BCUT2D eigenvalue weighted by Gasteiger charge is -2.09. The molecule has 3 nitrogen and oxygen atoms in total. The number of carbonyl (C=O) groups excluding carboxylic acids is 1. The van der Waals surface area contributed by atoms with Gasteiger partial charge in [0.25, 0.3) is 0 Å². The van der Waals surface area contributed by atoms with E-state index >= 15 is 0 Å². The molecule has 0 aromatic heterocycles. The van der Waals surface area contributed by atoms with Gasteiger partial charge in [-0.25, -0.2) is 4.39 Å². The Balaban J connectivity index is 1.95. The monoisotopic (exact) mass is 326 g/mol. The minimum absolute atomic E-state index is 0.0201. The standard InChI is InChI=1S/C15H13Cl2FN2O/c1-9-3-2-4-10(5-9)20-14(21)8-19-11-6-12(16)15(18)13(17)7-11/h2-7,19H,8H2,1H3,(H,20,21). The molecular weight excluding hydrogens is 314 g/mol. The molecule has 0 atom stereocenters. The lowest BCUT2D eigenvalue weighted by molar-refractivity contribution is -0.114. The molecule has 0 radical (unpaired) electrons. The van der Waals surface area contributed by atoms with Crippen LogP contribution in [0.3, 0.4) is 0 Å². The van der Waals surface area contributed by atoms with E-state index in [1.54, 1.807) is 6.07 Å². The Morgan fingerprint density at radius 3 is 2.43 bits per heavy atom. The second-order valence-electron chi connectivity index (χ2n) is 4.53. The summed E-state index contributed by atoms with van der Waals surface area (Å²) in [5.74, 6) is -0.898. The van der Waals surface area contributed by atoms with Crippen LogP contribution in [0.15, 0.2) is 36.4 Å². The highest BCUT2D eigenvalue weighted by Gasteiger charge is 2.08. The number of benzene rings is 2. The molecule has 0 bridgehead atoms. The van der Waals surface area contributed by atoms with E-state index in [2.05, 4.69) is 10.6 Å². The lowest BCUT2D eigenvalue weighted by atomic mass is 10.2. The summed E-state index contributed by atoms with van der Waals surface area (Å²) in [6.45, 7) is 1.96. The molecule has 0 spiro atoms. The Hall–Kier alpha value is -1.78. The van der Waals surface area contributed by atoms with Gasteiger partial charge in [-0.3, -0.25) is 4.79 Å². The van der Waals surface area contributed by atoms with E-state index < -0.39 is 5.82 Å². The number of hydrogen-bond donors (Lipinski definition) is 2. The molecule has 6 heteroatoms. The van der Waals surface area contributed by atoms with Gasteiger partial charge in [0.15, 0.2) is 5.82 Å². The first kappa shape index (κ1) is 15.6. The maximum Gasteiger partial charge on any atom is 0.243 e. The topological polar surface area (TPSA) is 41.1 Å². The molecule has 0 heterocycles. The number of aryl methyl sites for hydroxylation is 1. The normalized spacial score (nSPS) is 10.3. The molecule has 2 aromatic rings. The fourth-order valence-electron chi connectivity index (χ4n) is 1.77.